The Morgan fingerprint density at radius 3 is 2.64 bits per heavy atom. The summed E-state index contributed by atoms with van der Waals surface area (Å²) in [5.41, 5.74) is 2.76. The highest BCUT2D eigenvalue weighted by Gasteiger charge is 2.22. The van der Waals surface area contributed by atoms with Crippen molar-refractivity contribution in [1.82, 2.24) is 10.2 Å². The first-order chi connectivity index (χ1) is 13.2. The van der Waals surface area contributed by atoms with Crippen molar-refractivity contribution in [1.29, 1.82) is 0 Å². The molecule has 28 heavy (non-hydrogen) atoms. The fourth-order valence-electron chi connectivity index (χ4n) is 3.26. The van der Waals surface area contributed by atoms with E-state index in [2.05, 4.69) is 58.5 Å². The lowest BCUT2D eigenvalue weighted by molar-refractivity contribution is 0.0367. The monoisotopic (exact) mass is 499 g/mol. The van der Waals surface area contributed by atoms with Crippen LogP contribution in [0.5, 0.6) is 0 Å². The number of guanidine groups is 1. The smallest absolute Gasteiger partial charge is 0.194 e. The van der Waals surface area contributed by atoms with E-state index in [0.29, 0.717) is 13.2 Å². The zero-order valence-corrected chi connectivity index (χ0v) is 19.2. The summed E-state index contributed by atoms with van der Waals surface area (Å²) in [4.78, 5) is 6.94. The molecular weight excluding hydrogens is 465 g/mol. The minimum absolute atomic E-state index is 0. The van der Waals surface area contributed by atoms with Crippen LogP contribution in [0.15, 0.2) is 40.9 Å². The van der Waals surface area contributed by atoms with Crippen LogP contribution in [0.4, 0.5) is 0 Å². The van der Waals surface area contributed by atoms with Gasteiger partial charge in [-0.05, 0) is 44.1 Å². The lowest BCUT2D eigenvalue weighted by Gasteiger charge is -2.31. The van der Waals surface area contributed by atoms with E-state index in [1.807, 2.05) is 0 Å². The number of benzene rings is 1. The standard InChI is InChI=1S/C22H33N3O2.HI/c1-2-23-22(24-15-21(26)17-27-16-20-8-9-20)25-12-10-19(11-13-25)14-18-6-4-3-5-7-18;/h3-7,14,20-21,26H,2,8-13,15-17H2,1H3,(H,23,24);1H. The maximum absolute atomic E-state index is 10.1. The molecule has 1 aromatic carbocycles. The molecule has 3 rings (SSSR count). The predicted molar refractivity (Wildman–Crippen MR) is 126 cm³/mol. The van der Waals surface area contributed by atoms with Gasteiger partial charge >= 0.3 is 0 Å². The first-order valence-electron chi connectivity index (χ1n) is 10.3. The number of nitrogens with one attached hydrogen (secondary N) is 1. The van der Waals surface area contributed by atoms with Gasteiger partial charge in [0, 0.05) is 26.2 Å². The van der Waals surface area contributed by atoms with Gasteiger partial charge in [-0.25, -0.2) is 0 Å². The fraction of sp³-hybridized carbons (Fsp3) is 0.591. The Balaban J connectivity index is 0.00000280. The first kappa shape index (κ1) is 23.2. The van der Waals surface area contributed by atoms with Crippen LogP contribution in [-0.4, -0.2) is 61.5 Å². The lowest BCUT2D eigenvalue weighted by Crippen LogP contribution is -2.45. The van der Waals surface area contributed by atoms with Gasteiger partial charge in [0.2, 0.25) is 0 Å². The summed E-state index contributed by atoms with van der Waals surface area (Å²) in [6.07, 6.45) is 6.42. The molecule has 156 valence electrons. The van der Waals surface area contributed by atoms with E-state index in [4.69, 9.17) is 4.74 Å². The van der Waals surface area contributed by atoms with Gasteiger partial charge in [0.1, 0.15) is 0 Å². The number of hydrogen-bond acceptors (Lipinski definition) is 3. The number of aliphatic imine (C=N–C) groups is 1. The van der Waals surface area contributed by atoms with E-state index in [-0.39, 0.29) is 24.0 Å². The van der Waals surface area contributed by atoms with E-state index in [0.717, 1.165) is 51.0 Å². The number of rotatable bonds is 8. The van der Waals surface area contributed by atoms with Crippen molar-refractivity contribution in [3.8, 4) is 0 Å². The lowest BCUT2D eigenvalue weighted by atomic mass is 10.0. The average Bonchev–Trinajstić information content (AvgIpc) is 3.51. The molecule has 0 spiro atoms. The Kier molecular flexibility index (Phi) is 10.3. The second-order valence-corrected chi connectivity index (χ2v) is 7.53. The Morgan fingerprint density at radius 2 is 2.00 bits per heavy atom. The molecule has 1 saturated carbocycles. The molecular formula is C22H34IN3O2. The normalized spacial score (nSPS) is 18.4. The minimum atomic E-state index is -0.532. The number of aliphatic hydroxyl groups excluding tert-OH is 1. The van der Waals surface area contributed by atoms with Gasteiger partial charge in [0.25, 0.3) is 0 Å². The highest BCUT2D eigenvalue weighted by atomic mass is 127. The minimum Gasteiger partial charge on any atom is -0.389 e. The van der Waals surface area contributed by atoms with E-state index >= 15 is 0 Å². The van der Waals surface area contributed by atoms with Crippen molar-refractivity contribution in [3.63, 3.8) is 0 Å². The molecule has 0 amide bonds. The summed E-state index contributed by atoms with van der Waals surface area (Å²) in [6, 6.07) is 10.5. The van der Waals surface area contributed by atoms with Gasteiger partial charge in [-0.15, -0.1) is 24.0 Å². The Morgan fingerprint density at radius 1 is 1.29 bits per heavy atom. The highest BCUT2D eigenvalue weighted by Crippen LogP contribution is 2.28. The van der Waals surface area contributed by atoms with Crippen molar-refractivity contribution >= 4 is 36.0 Å². The van der Waals surface area contributed by atoms with Crippen LogP contribution < -0.4 is 5.32 Å². The largest absolute Gasteiger partial charge is 0.389 e. The zero-order chi connectivity index (χ0) is 18.9. The molecule has 1 saturated heterocycles. The number of halogens is 1. The predicted octanol–water partition coefficient (Wildman–Crippen LogP) is 3.54. The van der Waals surface area contributed by atoms with E-state index in [1.165, 1.54) is 24.0 Å². The molecule has 2 fully saturated rings. The van der Waals surface area contributed by atoms with E-state index in [9.17, 15) is 5.11 Å². The number of ether oxygens (including phenoxy) is 1. The van der Waals surface area contributed by atoms with Crippen molar-refractivity contribution < 1.29 is 9.84 Å². The molecule has 0 aromatic heterocycles. The van der Waals surface area contributed by atoms with Gasteiger partial charge in [-0.1, -0.05) is 42.0 Å². The van der Waals surface area contributed by atoms with Gasteiger partial charge in [-0.2, -0.15) is 0 Å². The zero-order valence-electron chi connectivity index (χ0n) is 16.8. The van der Waals surface area contributed by atoms with Gasteiger partial charge < -0.3 is 20.1 Å². The van der Waals surface area contributed by atoms with Crippen molar-refractivity contribution in [3.05, 3.63) is 41.5 Å². The van der Waals surface area contributed by atoms with Crippen LogP contribution in [-0.2, 0) is 4.74 Å². The summed E-state index contributed by atoms with van der Waals surface area (Å²) >= 11 is 0. The van der Waals surface area contributed by atoms with Gasteiger partial charge in [0.05, 0.1) is 19.3 Å². The second kappa shape index (κ2) is 12.4. The van der Waals surface area contributed by atoms with Crippen molar-refractivity contribution in [2.75, 3.05) is 39.4 Å². The van der Waals surface area contributed by atoms with Crippen molar-refractivity contribution in [2.24, 2.45) is 10.9 Å². The maximum Gasteiger partial charge on any atom is 0.194 e. The highest BCUT2D eigenvalue weighted by molar-refractivity contribution is 14.0. The quantitative estimate of drug-likeness (QED) is 0.327. The molecule has 1 unspecified atom stereocenters. The number of hydrogen-bond donors (Lipinski definition) is 2. The summed E-state index contributed by atoms with van der Waals surface area (Å²) in [6.45, 7) is 6.37. The molecule has 1 aliphatic carbocycles. The first-order valence-corrected chi connectivity index (χ1v) is 10.3. The summed E-state index contributed by atoms with van der Waals surface area (Å²) in [5, 5.41) is 13.5. The topological polar surface area (TPSA) is 57.1 Å². The fourth-order valence-corrected chi connectivity index (χ4v) is 3.26. The third kappa shape index (κ3) is 8.09. The van der Waals surface area contributed by atoms with Crippen LogP contribution in [0.25, 0.3) is 6.08 Å². The average molecular weight is 499 g/mol. The van der Waals surface area contributed by atoms with E-state index < -0.39 is 6.10 Å². The van der Waals surface area contributed by atoms with Crippen LogP contribution in [0, 0.1) is 5.92 Å². The van der Waals surface area contributed by atoms with Gasteiger partial charge in [-0.3, -0.25) is 4.99 Å². The van der Waals surface area contributed by atoms with Gasteiger partial charge in [0.15, 0.2) is 5.96 Å². The third-order valence-electron chi connectivity index (χ3n) is 5.02. The van der Waals surface area contributed by atoms with Crippen LogP contribution in [0.2, 0.25) is 0 Å². The van der Waals surface area contributed by atoms with Crippen LogP contribution in [0.1, 0.15) is 38.2 Å². The molecule has 0 radical (unpaired) electrons. The number of likely N-dealkylation sites (tertiary alicyclic amines) is 1. The summed E-state index contributed by atoms with van der Waals surface area (Å²) < 4.78 is 5.57. The number of aliphatic hydroxyl groups is 1. The number of piperidine rings is 1. The number of nitrogens with zero attached hydrogens (tertiary/aromatic N) is 2. The third-order valence-corrected chi connectivity index (χ3v) is 5.02. The van der Waals surface area contributed by atoms with Crippen LogP contribution >= 0.6 is 24.0 Å². The van der Waals surface area contributed by atoms with Crippen molar-refractivity contribution in [2.45, 2.75) is 38.7 Å². The maximum atomic E-state index is 10.1. The Hall–Kier alpha value is -1.12. The SMILES string of the molecule is CCNC(=NCC(O)COCC1CC1)N1CCC(=Cc2ccccc2)CC1.I. The van der Waals surface area contributed by atoms with Crippen LogP contribution in [0.3, 0.4) is 0 Å². The van der Waals surface area contributed by atoms with E-state index in [1.54, 1.807) is 0 Å². The summed E-state index contributed by atoms with van der Waals surface area (Å²) in [5.74, 6) is 1.63. The Bertz CT molecular complexity index is 622. The molecule has 1 heterocycles. The second-order valence-electron chi connectivity index (χ2n) is 7.53. The molecule has 1 aromatic rings. The molecule has 0 bridgehead atoms. The summed E-state index contributed by atoms with van der Waals surface area (Å²) in [7, 11) is 0. The molecule has 2 N–H and O–H groups in total. The molecule has 6 heteroatoms. The Labute approximate surface area is 186 Å². The molecule has 1 aliphatic heterocycles. The molecule has 1 atom stereocenters. The molecule has 5 nitrogen and oxygen atoms in total. The molecule has 2 aliphatic rings.